The molecule has 1 unspecified atom stereocenters. The van der Waals surface area contributed by atoms with E-state index in [0.29, 0.717) is 29.5 Å². The molecule has 7 rings (SSSR count). The minimum atomic E-state index is -1.64. The lowest BCUT2D eigenvalue weighted by atomic mass is 9.77. The molecule has 0 spiro atoms. The summed E-state index contributed by atoms with van der Waals surface area (Å²) >= 11 is 1.19. The number of ether oxygens (including phenoxy) is 7. The average Bonchev–Trinajstić information content (AvgIpc) is 3.85. The van der Waals surface area contributed by atoms with Crippen LogP contribution in [0.2, 0.25) is 0 Å². The second kappa shape index (κ2) is 24.9. The first-order valence-corrected chi connectivity index (χ1v) is 22.5. The maximum Gasteiger partial charge on any atom is 0.360 e. The van der Waals surface area contributed by atoms with Crippen molar-refractivity contribution in [3.63, 3.8) is 0 Å². The first kappa shape index (κ1) is 48.5. The van der Waals surface area contributed by atoms with Gasteiger partial charge in [0.15, 0.2) is 36.3 Å². The number of benzene rings is 6. The fraction of sp³-hybridized carbons (Fsp3) is 0.208. The molecule has 7 aromatic rings. The van der Waals surface area contributed by atoms with Crippen molar-refractivity contribution >= 4 is 34.1 Å². The number of rotatable bonds is 26. The Morgan fingerprint density at radius 3 is 1.60 bits per heavy atom. The maximum absolute atomic E-state index is 14.7. The predicted molar refractivity (Wildman–Crippen MR) is 257 cm³/mol. The summed E-state index contributed by atoms with van der Waals surface area (Å²) in [5, 5.41) is 20.5. The number of carboxylic acid groups (broad SMARTS) is 1. The summed E-state index contributed by atoms with van der Waals surface area (Å²) < 4.78 is 39.4. The molecule has 0 aliphatic rings. The molecule has 2 N–H and O–H groups in total. The van der Waals surface area contributed by atoms with E-state index in [2.05, 4.69) is 10.5 Å². The Bertz CT molecular complexity index is 2520. The molecule has 6 aromatic carbocycles. The van der Waals surface area contributed by atoms with E-state index < -0.39 is 35.4 Å². The number of methoxy groups -OCH3 is 2. The van der Waals surface area contributed by atoms with Crippen molar-refractivity contribution < 1.29 is 52.7 Å². The molecule has 1 aromatic heterocycles. The molecule has 0 radical (unpaired) electrons. The van der Waals surface area contributed by atoms with Crippen LogP contribution in [0.5, 0.6) is 11.5 Å². The summed E-state index contributed by atoms with van der Waals surface area (Å²) in [5.74, 6) is -1.91. The third kappa shape index (κ3) is 12.5. The Kier molecular flexibility index (Phi) is 17.8. The van der Waals surface area contributed by atoms with Crippen LogP contribution in [-0.4, -0.2) is 82.0 Å². The van der Waals surface area contributed by atoms with Gasteiger partial charge in [-0.1, -0.05) is 163 Å². The van der Waals surface area contributed by atoms with Crippen LogP contribution in [0, 0.1) is 0 Å². The average molecular weight is 938 g/mol. The van der Waals surface area contributed by atoms with E-state index in [-0.39, 0.29) is 49.6 Å². The number of aliphatic carboxylic acids is 1. The zero-order valence-electron chi connectivity index (χ0n) is 37.5. The number of esters is 1. The van der Waals surface area contributed by atoms with E-state index in [4.69, 9.17) is 43.0 Å². The van der Waals surface area contributed by atoms with Crippen LogP contribution in [-0.2, 0) is 43.6 Å². The molecule has 68 heavy (non-hydrogen) atoms. The monoisotopic (exact) mass is 937 g/mol. The van der Waals surface area contributed by atoms with E-state index in [1.807, 2.05) is 152 Å². The summed E-state index contributed by atoms with van der Waals surface area (Å²) in [6.45, 7) is 0.889. The molecule has 14 nitrogen and oxygen atoms in total. The van der Waals surface area contributed by atoms with Crippen LogP contribution >= 0.6 is 11.3 Å². The van der Waals surface area contributed by atoms with Gasteiger partial charge in [0, 0.05) is 25.2 Å². The Hall–Kier alpha value is -7.40. The van der Waals surface area contributed by atoms with Gasteiger partial charge in [-0.15, -0.1) is 11.3 Å². The number of carbonyl (C=O) groups is 2. The third-order valence-electron chi connectivity index (χ3n) is 10.5. The largest absolute Gasteiger partial charge is 0.476 e. The number of nitrogens with zero attached hydrogens (tertiary/aromatic N) is 2. The first-order valence-electron chi connectivity index (χ1n) is 21.6. The number of aromatic nitrogens is 1. The number of carbonyl (C=O) groups excluding carboxylic acids is 1. The third-order valence-corrected chi connectivity index (χ3v) is 11.3. The lowest BCUT2D eigenvalue weighted by Gasteiger charge is -2.36. The van der Waals surface area contributed by atoms with Crippen LogP contribution in [0.1, 0.15) is 51.3 Å². The van der Waals surface area contributed by atoms with Crippen LogP contribution in [0.15, 0.2) is 180 Å². The van der Waals surface area contributed by atoms with Gasteiger partial charge in [-0.25, -0.2) is 14.6 Å². The van der Waals surface area contributed by atoms with Gasteiger partial charge in [-0.2, -0.15) is 0 Å². The van der Waals surface area contributed by atoms with Gasteiger partial charge in [0.2, 0.25) is 11.8 Å². The SMILES string of the molecule is COCCOCOc1ccc(C(O/N=C(/C(=O)O)c2csc(NC(c3ccccc3)(c3ccccc3)c3ccccc3)n2)C(=O)OC(c2ccccc2)c2ccccc2)cc1OCOCCOC. The Balaban J connectivity index is 1.26. The molecule has 15 heteroatoms. The summed E-state index contributed by atoms with van der Waals surface area (Å²) in [6, 6.07) is 52.9. The summed E-state index contributed by atoms with van der Waals surface area (Å²) in [6.07, 6.45) is -2.51. The number of thiazole rings is 1. The summed E-state index contributed by atoms with van der Waals surface area (Å²) in [5.41, 5.74) is 2.84. The predicted octanol–water partition coefficient (Wildman–Crippen LogP) is 9.43. The Morgan fingerprint density at radius 1 is 0.632 bits per heavy atom. The highest BCUT2D eigenvalue weighted by Gasteiger charge is 2.38. The smallest absolute Gasteiger partial charge is 0.360 e. The fourth-order valence-corrected chi connectivity index (χ4v) is 7.97. The van der Waals surface area contributed by atoms with Crippen LogP contribution in [0.4, 0.5) is 5.13 Å². The lowest BCUT2D eigenvalue weighted by molar-refractivity contribution is -0.162. The molecule has 1 heterocycles. The summed E-state index contributed by atoms with van der Waals surface area (Å²) in [7, 11) is 3.12. The van der Waals surface area contributed by atoms with Crippen molar-refractivity contribution in [2.75, 3.05) is 59.5 Å². The number of hydrogen-bond acceptors (Lipinski definition) is 14. The second-order valence-corrected chi connectivity index (χ2v) is 15.8. The fourth-order valence-electron chi connectivity index (χ4n) is 7.22. The molecule has 350 valence electrons. The summed E-state index contributed by atoms with van der Waals surface area (Å²) in [4.78, 5) is 38.6. The van der Waals surface area contributed by atoms with E-state index in [0.717, 1.165) is 16.7 Å². The highest BCUT2D eigenvalue weighted by Crippen LogP contribution is 2.41. The Labute approximate surface area is 398 Å². The highest BCUT2D eigenvalue weighted by atomic mass is 32.1. The standard InChI is InChI=1S/C53H51N3O11S/c1-60-30-32-62-36-64-45-29-28-40(34-46(45)65-37-63-33-31-61-2)49(51(59)66-48(38-18-8-3-9-19-38)39-20-10-4-11-21-39)67-56-47(50(57)58)44-35-68-52(54-44)55-53(41-22-12-5-13-23-41,42-24-14-6-15-25-42)43-26-16-7-17-27-43/h3-29,34-35,48-49H,30-33,36-37H2,1-2H3,(H,54,55)(H,57,58)/b56-47+. The molecular weight excluding hydrogens is 887 g/mol. The van der Waals surface area contributed by atoms with Crippen molar-refractivity contribution in [2.24, 2.45) is 5.16 Å². The van der Waals surface area contributed by atoms with E-state index in [1.165, 1.54) is 17.4 Å². The second-order valence-electron chi connectivity index (χ2n) is 14.9. The molecule has 0 aliphatic heterocycles. The molecule has 0 aliphatic carbocycles. The van der Waals surface area contributed by atoms with Crippen LogP contribution in [0.3, 0.4) is 0 Å². The topological polar surface area (TPSA) is 165 Å². The lowest BCUT2D eigenvalue weighted by Crippen LogP contribution is -2.38. The van der Waals surface area contributed by atoms with Crippen LogP contribution in [0.25, 0.3) is 0 Å². The first-order chi connectivity index (χ1) is 33.4. The van der Waals surface area contributed by atoms with Crippen LogP contribution < -0.4 is 14.8 Å². The highest BCUT2D eigenvalue weighted by molar-refractivity contribution is 7.14. The van der Waals surface area contributed by atoms with Crippen molar-refractivity contribution in [3.8, 4) is 11.5 Å². The van der Waals surface area contributed by atoms with Gasteiger partial charge in [-0.05, 0) is 39.9 Å². The number of carboxylic acids is 1. The number of nitrogens with one attached hydrogen (secondary N) is 1. The van der Waals surface area contributed by atoms with Gasteiger partial charge in [0.1, 0.15) is 11.2 Å². The van der Waals surface area contributed by atoms with E-state index in [1.54, 1.807) is 31.7 Å². The van der Waals surface area contributed by atoms with Crippen molar-refractivity contribution in [2.45, 2.75) is 17.7 Å². The molecule has 0 saturated carbocycles. The number of oxime groups is 1. The van der Waals surface area contributed by atoms with Gasteiger partial charge in [0.25, 0.3) is 0 Å². The molecule has 0 bridgehead atoms. The zero-order chi connectivity index (χ0) is 47.4. The van der Waals surface area contributed by atoms with Crippen molar-refractivity contribution in [3.05, 3.63) is 214 Å². The number of hydrogen-bond donors (Lipinski definition) is 2. The zero-order valence-corrected chi connectivity index (χ0v) is 38.3. The molecule has 0 amide bonds. The maximum atomic E-state index is 14.7. The van der Waals surface area contributed by atoms with E-state index >= 15 is 0 Å². The number of anilines is 1. The van der Waals surface area contributed by atoms with Gasteiger partial charge >= 0.3 is 11.9 Å². The molecule has 0 saturated heterocycles. The molecule has 1 atom stereocenters. The van der Waals surface area contributed by atoms with Gasteiger partial charge < -0.3 is 48.4 Å². The quantitative estimate of drug-likeness (QED) is 0.0132. The van der Waals surface area contributed by atoms with Crippen molar-refractivity contribution in [1.82, 2.24) is 4.98 Å². The normalized spacial score (nSPS) is 12.0. The minimum absolute atomic E-state index is 0.0129. The van der Waals surface area contributed by atoms with Gasteiger partial charge in [-0.3, -0.25) is 0 Å². The minimum Gasteiger partial charge on any atom is -0.476 e. The van der Waals surface area contributed by atoms with E-state index in [9.17, 15) is 14.7 Å². The molecular formula is C53H51N3O11S. The van der Waals surface area contributed by atoms with Gasteiger partial charge in [0.05, 0.1) is 26.4 Å². The Morgan fingerprint density at radius 2 is 1.12 bits per heavy atom. The molecule has 0 fully saturated rings. The van der Waals surface area contributed by atoms with Crippen molar-refractivity contribution in [1.29, 1.82) is 0 Å².